The highest BCUT2D eigenvalue weighted by Crippen LogP contribution is 2.24. The Bertz CT molecular complexity index is 539. The molecule has 1 unspecified atom stereocenters. The summed E-state index contributed by atoms with van der Waals surface area (Å²) in [4.78, 5) is 4.57. The second-order valence-electron chi connectivity index (χ2n) is 4.88. The zero-order chi connectivity index (χ0) is 13.7. The average molecular weight is 258 g/mol. The van der Waals surface area contributed by atoms with Gasteiger partial charge in [-0.15, -0.1) is 0 Å². The van der Waals surface area contributed by atoms with Gasteiger partial charge < -0.3 is 10.1 Å². The van der Waals surface area contributed by atoms with E-state index in [-0.39, 0.29) is 0 Å². The molecule has 19 heavy (non-hydrogen) atoms. The van der Waals surface area contributed by atoms with Crippen molar-refractivity contribution in [1.82, 2.24) is 10.3 Å². The fourth-order valence-electron chi connectivity index (χ4n) is 2.13. The molecule has 1 atom stereocenters. The zero-order valence-corrected chi connectivity index (χ0v) is 11.9. The van der Waals surface area contributed by atoms with Crippen LogP contribution in [-0.2, 0) is 0 Å². The second-order valence-corrected chi connectivity index (χ2v) is 4.88. The number of aryl methyl sites for hydroxylation is 1. The Morgan fingerprint density at radius 3 is 2.89 bits per heavy atom. The minimum Gasteiger partial charge on any atom is -0.491 e. The van der Waals surface area contributed by atoms with Gasteiger partial charge in [0.05, 0.1) is 6.61 Å². The van der Waals surface area contributed by atoms with Crippen LogP contribution in [0.2, 0.25) is 0 Å². The first kappa shape index (κ1) is 13.8. The quantitative estimate of drug-likeness (QED) is 0.863. The molecule has 1 heterocycles. The van der Waals surface area contributed by atoms with Crippen LogP contribution in [0.4, 0.5) is 0 Å². The summed E-state index contributed by atoms with van der Waals surface area (Å²) >= 11 is 0. The molecular formula is C16H22N2O. The maximum atomic E-state index is 5.89. The lowest BCUT2D eigenvalue weighted by atomic mass is 10.2. The maximum absolute atomic E-state index is 5.89. The van der Waals surface area contributed by atoms with Crippen molar-refractivity contribution >= 4 is 10.9 Å². The summed E-state index contributed by atoms with van der Waals surface area (Å²) in [7, 11) is 0. The van der Waals surface area contributed by atoms with Crippen LogP contribution in [0.5, 0.6) is 5.75 Å². The Morgan fingerprint density at radius 2 is 2.11 bits per heavy atom. The van der Waals surface area contributed by atoms with E-state index in [1.54, 1.807) is 0 Å². The summed E-state index contributed by atoms with van der Waals surface area (Å²) in [6, 6.07) is 10.7. The molecule has 0 aliphatic heterocycles. The van der Waals surface area contributed by atoms with Gasteiger partial charge in [-0.1, -0.05) is 25.1 Å². The highest BCUT2D eigenvalue weighted by atomic mass is 16.5. The van der Waals surface area contributed by atoms with E-state index < -0.39 is 0 Å². The van der Waals surface area contributed by atoms with Gasteiger partial charge in [-0.2, -0.15) is 0 Å². The van der Waals surface area contributed by atoms with Gasteiger partial charge in [-0.05, 0) is 38.9 Å². The molecule has 2 rings (SSSR count). The van der Waals surface area contributed by atoms with E-state index in [0.717, 1.165) is 35.3 Å². The van der Waals surface area contributed by atoms with Crippen molar-refractivity contribution < 1.29 is 4.74 Å². The normalized spacial score (nSPS) is 12.6. The number of rotatable bonds is 6. The molecule has 0 saturated heterocycles. The highest BCUT2D eigenvalue weighted by molar-refractivity contribution is 5.84. The Morgan fingerprint density at radius 1 is 1.26 bits per heavy atom. The van der Waals surface area contributed by atoms with Gasteiger partial charge in [0, 0.05) is 17.1 Å². The van der Waals surface area contributed by atoms with E-state index in [1.165, 1.54) is 0 Å². The van der Waals surface area contributed by atoms with Gasteiger partial charge in [0.15, 0.2) is 0 Å². The topological polar surface area (TPSA) is 34.1 Å². The van der Waals surface area contributed by atoms with Gasteiger partial charge in [-0.25, -0.2) is 4.98 Å². The van der Waals surface area contributed by atoms with E-state index in [9.17, 15) is 0 Å². The lowest BCUT2D eigenvalue weighted by Gasteiger charge is -2.13. The zero-order valence-electron chi connectivity index (χ0n) is 11.9. The molecule has 1 aromatic heterocycles. The number of hydrogen-bond acceptors (Lipinski definition) is 3. The lowest BCUT2D eigenvalue weighted by molar-refractivity contribution is 0.294. The molecule has 0 radical (unpaired) electrons. The van der Waals surface area contributed by atoms with Crippen molar-refractivity contribution in [1.29, 1.82) is 0 Å². The predicted molar refractivity (Wildman–Crippen MR) is 79.7 cm³/mol. The van der Waals surface area contributed by atoms with Crippen LogP contribution >= 0.6 is 0 Å². The molecule has 0 saturated carbocycles. The number of nitrogens with one attached hydrogen (secondary N) is 1. The fourth-order valence-corrected chi connectivity index (χ4v) is 2.13. The van der Waals surface area contributed by atoms with Crippen molar-refractivity contribution in [3.8, 4) is 5.75 Å². The number of hydrogen-bond donors (Lipinski definition) is 1. The molecular weight excluding hydrogens is 236 g/mol. The van der Waals surface area contributed by atoms with Crippen molar-refractivity contribution in [2.24, 2.45) is 0 Å². The molecule has 0 amide bonds. The number of ether oxygens (including phenoxy) is 1. The Balaban J connectivity index is 2.06. The summed E-state index contributed by atoms with van der Waals surface area (Å²) in [6.07, 6.45) is 0.996. The summed E-state index contributed by atoms with van der Waals surface area (Å²) in [6.45, 7) is 8.01. The van der Waals surface area contributed by atoms with Crippen LogP contribution in [-0.4, -0.2) is 24.2 Å². The first-order valence-electron chi connectivity index (χ1n) is 6.93. The van der Waals surface area contributed by atoms with Crippen molar-refractivity contribution in [3.05, 3.63) is 36.0 Å². The van der Waals surface area contributed by atoms with Crippen molar-refractivity contribution in [2.75, 3.05) is 13.2 Å². The van der Waals surface area contributed by atoms with Crippen molar-refractivity contribution in [2.45, 2.75) is 33.2 Å². The summed E-state index contributed by atoms with van der Waals surface area (Å²) in [5.74, 6) is 0.880. The first-order chi connectivity index (χ1) is 9.20. The smallest absolute Gasteiger partial charge is 0.145 e. The third kappa shape index (κ3) is 3.67. The maximum Gasteiger partial charge on any atom is 0.145 e. The van der Waals surface area contributed by atoms with Gasteiger partial charge in [0.1, 0.15) is 11.3 Å². The molecule has 0 bridgehead atoms. The molecule has 3 nitrogen and oxygen atoms in total. The Kier molecular flexibility index (Phi) is 4.74. The van der Waals surface area contributed by atoms with E-state index >= 15 is 0 Å². The summed E-state index contributed by atoms with van der Waals surface area (Å²) < 4.78 is 5.89. The number of pyridine rings is 1. The third-order valence-corrected chi connectivity index (χ3v) is 3.18. The third-order valence-electron chi connectivity index (χ3n) is 3.18. The highest BCUT2D eigenvalue weighted by Gasteiger charge is 2.05. The van der Waals surface area contributed by atoms with E-state index in [0.29, 0.717) is 12.6 Å². The van der Waals surface area contributed by atoms with Crippen LogP contribution in [0.15, 0.2) is 30.3 Å². The monoisotopic (exact) mass is 258 g/mol. The van der Waals surface area contributed by atoms with Crippen molar-refractivity contribution in [3.63, 3.8) is 0 Å². The fraction of sp³-hybridized carbons (Fsp3) is 0.438. The molecule has 3 heteroatoms. The van der Waals surface area contributed by atoms with E-state index in [1.807, 2.05) is 25.1 Å². The van der Waals surface area contributed by atoms with Gasteiger partial charge in [-0.3, -0.25) is 0 Å². The number of nitrogens with zero attached hydrogens (tertiary/aromatic N) is 1. The first-order valence-corrected chi connectivity index (χ1v) is 6.93. The van der Waals surface area contributed by atoms with E-state index in [4.69, 9.17) is 4.74 Å². The van der Waals surface area contributed by atoms with E-state index in [2.05, 4.69) is 36.3 Å². The molecule has 0 fully saturated rings. The summed E-state index contributed by atoms with van der Waals surface area (Å²) in [5, 5.41) is 4.51. The molecule has 2 aromatic rings. The van der Waals surface area contributed by atoms with Gasteiger partial charge in [0.25, 0.3) is 0 Å². The minimum absolute atomic E-state index is 0.481. The largest absolute Gasteiger partial charge is 0.491 e. The number of fused-ring (bicyclic) bond motifs is 1. The molecule has 1 N–H and O–H groups in total. The van der Waals surface area contributed by atoms with Crippen LogP contribution in [0.25, 0.3) is 10.9 Å². The van der Waals surface area contributed by atoms with Crippen LogP contribution < -0.4 is 10.1 Å². The number of para-hydroxylation sites is 1. The second kappa shape index (κ2) is 6.53. The molecule has 0 spiro atoms. The predicted octanol–water partition coefficient (Wildman–Crippen LogP) is 3.31. The Labute approximate surface area is 115 Å². The SMILES string of the molecule is CCNC(C)CCOc1cccc2ccc(C)nc12. The van der Waals surface area contributed by atoms with Crippen LogP contribution in [0.3, 0.4) is 0 Å². The molecule has 1 aromatic carbocycles. The Hall–Kier alpha value is -1.61. The van der Waals surface area contributed by atoms with Gasteiger partial charge in [0.2, 0.25) is 0 Å². The average Bonchev–Trinajstić information content (AvgIpc) is 2.39. The van der Waals surface area contributed by atoms with Crippen LogP contribution in [0.1, 0.15) is 26.0 Å². The number of aromatic nitrogens is 1. The molecule has 102 valence electrons. The minimum atomic E-state index is 0.481. The van der Waals surface area contributed by atoms with Gasteiger partial charge >= 0.3 is 0 Å². The standard InChI is InChI=1S/C16H22N2O/c1-4-17-12(2)10-11-19-15-7-5-6-14-9-8-13(3)18-16(14)15/h5-9,12,17H,4,10-11H2,1-3H3. The molecule has 0 aliphatic rings. The number of benzene rings is 1. The summed E-state index contributed by atoms with van der Waals surface area (Å²) in [5.41, 5.74) is 1.98. The molecule has 0 aliphatic carbocycles. The van der Waals surface area contributed by atoms with Crippen LogP contribution in [0, 0.1) is 6.92 Å². The lowest BCUT2D eigenvalue weighted by Crippen LogP contribution is -2.27.